The van der Waals surface area contributed by atoms with E-state index in [2.05, 4.69) is 22.1 Å². The Morgan fingerprint density at radius 2 is 1.21 bits per heavy atom. The molecule has 238 valence electrons. The van der Waals surface area contributed by atoms with E-state index in [1.165, 1.54) is 7.11 Å². The van der Waals surface area contributed by atoms with E-state index in [1.807, 2.05) is 32.0 Å². The topological polar surface area (TPSA) is 155 Å². The minimum Gasteiger partial charge on any atom is -0.487 e. The molecule has 2 aromatic heterocycles. The third-order valence-corrected chi connectivity index (χ3v) is 7.86. The summed E-state index contributed by atoms with van der Waals surface area (Å²) >= 11 is 0. The molecule has 2 aliphatic carbocycles. The van der Waals surface area contributed by atoms with E-state index >= 15 is 0 Å². The van der Waals surface area contributed by atoms with Gasteiger partial charge < -0.3 is 19.3 Å². The van der Waals surface area contributed by atoms with Crippen molar-refractivity contribution in [1.82, 2.24) is 9.97 Å². The van der Waals surface area contributed by atoms with E-state index < -0.39 is 5.97 Å². The van der Waals surface area contributed by atoms with Gasteiger partial charge in [-0.1, -0.05) is 24.3 Å². The molecule has 4 aromatic rings. The second-order valence-electron chi connectivity index (χ2n) is 11.6. The molecule has 0 radical (unpaired) electrons. The highest BCUT2D eigenvalue weighted by atomic mass is 16.5. The third kappa shape index (κ3) is 8.30. The number of esters is 1. The number of hydrogen-bond donors (Lipinski definition) is 1. The predicted octanol–water partition coefficient (Wildman–Crippen LogP) is 6.92. The van der Waals surface area contributed by atoms with Gasteiger partial charge in [-0.3, -0.25) is 9.97 Å². The normalized spacial score (nSPS) is 13.3. The number of hydrogen-bond acceptors (Lipinski definition) is 9. The van der Waals surface area contributed by atoms with Crippen molar-refractivity contribution in [2.45, 2.75) is 64.6 Å². The monoisotopic (exact) mass is 630 g/mol. The van der Waals surface area contributed by atoms with Crippen molar-refractivity contribution in [3.8, 4) is 23.6 Å². The van der Waals surface area contributed by atoms with Crippen LogP contribution >= 0.6 is 0 Å². The molecule has 10 heteroatoms. The molecular weight excluding hydrogens is 596 g/mol. The molecule has 2 saturated carbocycles. The maximum atomic E-state index is 12.0. The number of carbonyl (C=O) groups is 2. The van der Waals surface area contributed by atoms with Crippen LogP contribution in [0.4, 0.5) is 0 Å². The first kappa shape index (κ1) is 32.6. The van der Waals surface area contributed by atoms with Crippen LogP contribution in [0, 0.1) is 36.5 Å². The highest BCUT2D eigenvalue weighted by Gasteiger charge is 2.32. The Kier molecular flexibility index (Phi) is 10.1. The molecule has 0 spiro atoms. The lowest BCUT2D eigenvalue weighted by Crippen LogP contribution is -2.10. The van der Waals surface area contributed by atoms with Crippen molar-refractivity contribution in [2.24, 2.45) is 0 Å². The second-order valence-corrected chi connectivity index (χ2v) is 11.6. The van der Waals surface area contributed by atoms with E-state index in [-0.39, 0.29) is 24.1 Å². The van der Waals surface area contributed by atoms with Gasteiger partial charge >= 0.3 is 11.9 Å². The fourth-order valence-corrected chi connectivity index (χ4v) is 5.07. The summed E-state index contributed by atoms with van der Waals surface area (Å²) in [5.41, 5.74) is 6.50. The molecule has 0 unspecified atom stereocenters. The summed E-state index contributed by atoms with van der Waals surface area (Å²) in [6.45, 7) is 4.26. The summed E-state index contributed by atoms with van der Waals surface area (Å²) in [5, 5.41) is 27.2. The van der Waals surface area contributed by atoms with Crippen molar-refractivity contribution >= 4 is 11.9 Å². The molecule has 0 aliphatic heterocycles. The van der Waals surface area contributed by atoms with Gasteiger partial charge in [0.05, 0.1) is 64.3 Å². The zero-order valence-corrected chi connectivity index (χ0v) is 26.4. The molecule has 0 bridgehead atoms. The van der Waals surface area contributed by atoms with Gasteiger partial charge in [0, 0.05) is 11.8 Å². The number of ether oxygens (including phenoxy) is 3. The number of pyridine rings is 2. The van der Waals surface area contributed by atoms with Crippen LogP contribution in [0.3, 0.4) is 0 Å². The van der Waals surface area contributed by atoms with Crippen molar-refractivity contribution in [1.29, 1.82) is 10.5 Å². The average Bonchev–Trinajstić information content (AvgIpc) is 4.01. The molecule has 2 fully saturated rings. The smallest absolute Gasteiger partial charge is 0.339 e. The number of methoxy groups -OCH3 is 1. The van der Waals surface area contributed by atoms with Crippen LogP contribution in [0.5, 0.6) is 11.5 Å². The van der Waals surface area contributed by atoms with Crippen LogP contribution in [0.2, 0.25) is 0 Å². The van der Waals surface area contributed by atoms with Crippen molar-refractivity contribution < 1.29 is 28.9 Å². The van der Waals surface area contributed by atoms with E-state index in [1.54, 1.807) is 42.5 Å². The first-order chi connectivity index (χ1) is 22.7. The quantitative estimate of drug-likeness (QED) is 0.182. The van der Waals surface area contributed by atoms with Gasteiger partial charge in [-0.15, -0.1) is 0 Å². The van der Waals surface area contributed by atoms with Gasteiger partial charge in [0.25, 0.3) is 0 Å². The van der Waals surface area contributed by atoms with Crippen LogP contribution in [-0.2, 0) is 18.0 Å². The van der Waals surface area contributed by atoms with E-state index in [0.717, 1.165) is 48.2 Å². The van der Waals surface area contributed by atoms with Gasteiger partial charge in [0.1, 0.15) is 24.7 Å². The van der Waals surface area contributed by atoms with Crippen LogP contribution in [0.1, 0.15) is 103 Å². The fourth-order valence-electron chi connectivity index (χ4n) is 5.07. The lowest BCUT2D eigenvalue weighted by molar-refractivity contribution is 0.0597. The summed E-state index contributed by atoms with van der Waals surface area (Å²) in [4.78, 5) is 32.5. The lowest BCUT2D eigenvalue weighted by atomic mass is 10.1. The van der Waals surface area contributed by atoms with Crippen LogP contribution in [-0.4, -0.2) is 34.1 Å². The number of benzene rings is 2. The highest BCUT2D eigenvalue weighted by Crippen LogP contribution is 2.43. The Hall–Kier alpha value is -5.74. The minimum atomic E-state index is -0.976. The fraction of sp³-hybridized carbons (Fsp3) is 0.297. The molecule has 47 heavy (non-hydrogen) atoms. The van der Waals surface area contributed by atoms with E-state index in [0.29, 0.717) is 52.1 Å². The van der Waals surface area contributed by atoms with Gasteiger partial charge in [0.15, 0.2) is 0 Å². The summed E-state index contributed by atoms with van der Waals surface area (Å²) in [6.07, 6.45) is 4.09. The zero-order chi connectivity index (χ0) is 33.5. The van der Waals surface area contributed by atoms with Crippen molar-refractivity contribution in [3.63, 3.8) is 0 Å². The first-order valence-corrected chi connectivity index (χ1v) is 15.3. The number of carboxylic acid groups (broad SMARTS) is 1. The number of aromatic nitrogens is 2. The Balaban J connectivity index is 0.000000185. The Morgan fingerprint density at radius 3 is 1.62 bits per heavy atom. The number of rotatable bonds is 10. The lowest BCUT2D eigenvalue weighted by Gasteiger charge is -2.13. The van der Waals surface area contributed by atoms with E-state index in [9.17, 15) is 14.7 Å². The third-order valence-electron chi connectivity index (χ3n) is 7.86. The first-order valence-electron chi connectivity index (χ1n) is 15.3. The SMILES string of the molecule is COC(=O)c1cc(OCc2cccc(C#N)c2)c(C)nc1C1CC1.Cc1nc(C2CC2)c(C(=O)O)cc1OCc1cccc(C#N)c1. The summed E-state index contributed by atoms with van der Waals surface area (Å²) < 4.78 is 16.4. The number of aromatic carboxylic acids is 1. The molecular formula is C37H34N4O6. The maximum Gasteiger partial charge on any atom is 0.339 e. The van der Waals surface area contributed by atoms with Gasteiger partial charge in [-0.05, 0) is 87.1 Å². The molecule has 0 atom stereocenters. The molecule has 2 heterocycles. The molecule has 10 nitrogen and oxygen atoms in total. The van der Waals surface area contributed by atoms with Crippen LogP contribution in [0.15, 0.2) is 60.7 Å². The minimum absolute atomic E-state index is 0.221. The number of aryl methyl sites for hydroxylation is 2. The zero-order valence-electron chi connectivity index (χ0n) is 26.4. The number of nitrogens with zero attached hydrogens (tertiary/aromatic N) is 4. The Morgan fingerprint density at radius 1 is 0.766 bits per heavy atom. The molecule has 0 saturated heterocycles. The molecule has 2 aromatic carbocycles. The van der Waals surface area contributed by atoms with Gasteiger partial charge in [-0.2, -0.15) is 10.5 Å². The van der Waals surface area contributed by atoms with E-state index in [4.69, 9.17) is 24.7 Å². The molecule has 1 N–H and O–H groups in total. The van der Waals surface area contributed by atoms with Crippen molar-refractivity contribution in [3.05, 3.63) is 117 Å². The Bertz CT molecular complexity index is 1900. The highest BCUT2D eigenvalue weighted by molar-refractivity contribution is 5.91. The Labute approximate surface area is 273 Å². The van der Waals surface area contributed by atoms with Crippen molar-refractivity contribution in [2.75, 3.05) is 7.11 Å². The number of nitriles is 2. The summed E-state index contributed by atoms with van der Waals surface area (Å²) in [6, 6.07) is 21.8. The standard InChI is InChI=1S/C19H18N2O3.C18H16N2O3/c1-12-17(24-11-14-5-3-4-13(8-14)10-20)9-16(19(22)23-2)18(21-12)15-6-7-15;1-11-16(23-10-13-4-2-3-12(7-13)9-19)8-15(18(21)22)17(20-11)14-5-6-14/h3-5,8-9,15H,6-7,11H2,1-2H3;2-4,7-8,14H,5-6,10H2,1H3,(H,21,22). The summed E-state index contributed by atoms with van der Waals surface area (Å²) in [7, 11) is 1.37. The van der Waals surface area contributed by atoms with Crippen LogP contribution < -0.4 is 9.47 Å². The molecule has 0 amide bonds. The predicted molar refractivity (Wildman–Crippen MR) is 171 cm³/mol. The van der Waals surface area contributed by atoms with Gasteiger partial charge in [-0.25, -0.2) is 9.59 Å². The summed E-state index contributed by atoms with van der Waals surface area (Å²) in [5.74, 6) is 0.271. The average molecular weight is 631 g/mol. The molecule has 6 rings (SSSR count). The maximum absolute atomic E-state index is 12.0. The second kappa shape index (κ2) is 14.6. The van der Waals surface area contributed by atoms with Gasteiger partial charge in [0.2, 0.25) is 0 Å². The number of carbonyl (C=O) groups excluding carboxylic acids is 1. The molecule has 2 aliphatic rings. The number of carboxylic acids is 1. The van der Waals surface area contributed by atoms with Crippen LogP contribution in [0.25, 0.3) is 0 Å². The largest absolute Gasteiger partial charge is 0.487 e.